The minimum atomic E-state index is -0.606. The van der Waals surface area contributed by atoms with Gasteiger partial charge in [0.2, 0.25) is 0 Å². The van der Waals surface area contributed by atoms with Crippen LogP contribution in [0.15, 0.2) is 30.5 Å². The number of carbonyl (C=O) groups is 1. The van der Waals surface area contributed by atoms with Crippen molar-refractivity contribution >= 4 is 16.8 Å². The molecule has 21 heavy (non-hydrogen) atoms. The molecule has 0 spiro atoms. The van der Waals surface area contributed by atoms with Gasteiger partial charge in [-0.05, 0) is 30.9 Å². The zero-order chi connectivity index (χ0) is 14.7. The van der Waals surface area contributed by atoms with E-state index < -0.39 is 6.04 Å². The fourth-order valence-electron chi connectivity index (χ4n) is 2.85. The molecule has 0 aliphatic heterocycles. The zero-order valence-electron chi connectivity index (χ0n) is 12.0. The summed E-state index contributed by atoms with van der Waals surface area (Å²) in [4.78, 5) is 20.6. The number of hydroxylamine groups is 1. The molecule has 1 aliphatic rings. The van der Waals surface area contributed by atoms with Crippen LogP contribution in [0.5, 0.6) is 0 Å². The van der Waals surface area contributed by atoms with E-state index in [2.05, 4.69) is 10.5 Å². The predicted octanol–water partition coefficient (Wildman–Crippen LogP) is 2.03. The number of fused-ring (bicyclic) bond motifs is 1. The number of para-hydroxylation sites is 1. The van der Waals surface area contributed by atoms with Crippen LogP contribution in [-0.2, 0) is 16.1 Å². The number of amides is 1. The van der Waals surface area contributed by atoms with E-state index >= 15 is 0 Å². The molecule has 2 aromatic rings. The Balaban J connectivity index is 1.57. The van der Waals surface area contributed by atoms with Gasteiger partial charge in [0.05, 0.1) is 12.1 Å². The van der Waals surface area contributed by atoms with Gasteiger partial charge < -0.3 is 10.7 Å². The first-order chi connectivity index (χ1) is 10.2. The first kappa shape index (κ1) is 14.1. The molecule has 1 aromatic carbocycles. The Bertz CT molecular complexity index is 617. The van der Waals surface area contributed by atoms with Gasteiger partial charge in [-0.2, -0.15) is 0 Å². The Labute approximate surface area is 123 Å². The van der Waals surface area contributed by atoms with Crippen LogP contribution in [0.1, 0.15) is 31.2 Å². The third-order valence-corrected chi connectivity index (χ3v) is 4.08. The van der Waals surface area contributed by atoms with E-state index in [9.17, 15) is 4.79 Å². The van der Waals surface area contributed by atoms with Crippen LogP contribution < -0.4 is 11.2 Å². The predicted molar refractivity (Wildman–Crippen MR) is 81.5 cm³/mol. The van der Waals surface area contributed by atoms with Crippen molar-refractivity contribution in [2.45, 2.75) is 44.2 Å². The second-order valence-corrected chi connectivity index (χ2v) is 5.66. The molecule has 1 heterocycles. The lowest BCUT2D eigenvalue weighted by Gasteiger charge is -2.15. The Morgan fingerprint density at radius 2 is 2.14 bits per heavy atom. The van der Waals surface area contributed by atoms with Crippen LogP contribution in [0.3, 0.4) is 0 Å². The van der Waals surface area contributed by atoms with E-state index in [0.717, 1.165) is 29.3 Å². The monoisotopic (exact) mass is 287 g/mol. The maximum absolute atomic E-state index is 12.0. The molecule has 1 fully saturated rings. The number of carbonyl (C=O) groups excluding carboxylic acids is 1. The average molecular weight is 287 g/mol. The number of hydrogen-bond donors (Lipinski definition) is 3. The van der Waals surface area contributed by atoms with Crippen molar-refractivity contribution in [3.63, 3.8) is 0 Å². The highest BCUT2D eigenvalue weighted by molar-refractivity contribution is 5.85. The van der Waals surface area contributed by atoms with Gasteiger partial charge >= 0.3 is 0 Å². The van der Waals surface area contributed by atoms with Crippen molar-refractivity contribution < 1.29 is 9.63 Å². The molecular weight excluding hydrogens is 266 g/mol. The molecular formula is C16H21N3O2. The van der Waals surface area contributed by atoms with Crippen LogP contribution in [0, 0.1) is 0 Å². The minimum Gasteiger partial charge on any atom is -0.361 e. The van der Waals surface area contributed by atoms with Crippen LogP contribution in [-0.4, -0.2) is 23.0 Å². The second kappa shape index (κ2) is 6.28. The molecule has 0 bridgehead atoms. The van der Waals surface area contributed by atoms with Crippen LogP contribution in [0.4, 0.5) is 0 Å². The Hall–Kier alpha value is -1.85. The van der Waals surface area contributed by atoms with Gasteiger partial charge in [0.1, 0.15) is 0 Å². The fourth-order valence-corrected chi connectivity index (χ4v) is 2.85. The maximum Gasteiger partial charge on any atom is 0.260 e. The van der Waals surface area contributed by atoms with Gasteiger partial charge in [-0.15, -0.1) is 0 Å². The third kappa shape index (κ3) is 3.25. The van der Waals surface area contributed by atoms with Gasteiger partial charge in [0.15, 0.2) is 0 Å². The third-order valence-electron chi connectivity index (χ3n) is 4.08. The topological polar surface area (TPSA) is 80.1 Å². The van der Waals surface area contributed by atoms with E-state index in [0.29, 0.717) is 6.42 Å². The summed E-state index contributed by atoms with van der Waals surface area (Å²) in [5.41, 5.74) is 10.6. The van der Waals surface area contributed by atoms with Crippen molar-refractivity contribution in [2.75, 3.05) is 0 Å². The first-order valence-corrected chi connectivity index (χ1v) is 7.50. The summed E-state index contributed by atoms with van der Waals surface area (Å²) in [6, 6.07) is 7.39. The number of aromatic nitrogens is 1. The molecule has 0 saturated heterocycles. The van der Waals surface area contributed by atoms with Crippen molar-refractivity contribution in [2.24, 2.45) is 5.73 Å². The highest BCUT2D eigenvalue weighted by Gasteiger charge is 2.20. The quantitative estimate of drug-likeness (QED) is 0.736. The number of aromatic amines is 1. The Morgan fingerprint density at radius 3 is 2.95 bits per heavy atom. The molecule has 1 aliphatic carbocycles. The molecule has 4 N–H and O–H groups in total. The lowest BCUT2D eigenvalue weighted by atomic mass is 10.1. The standard InChI is InChI=1S/C16H21N3O2/c17-14(16(20)19-21-12-5-1-2-6-12)9-11-10-18-15-8-4-3-7-13(11)15/h3-4,7-8,10,12,14,18H,1-2,5-6,9,17H2,(H,19,20)/t14-/m1/s1. The molecule has 112 valence electrons. The maximum atomic E-state index is 12.0. The molecule has 3 rings (SSSR count). The summed E-state index contributed by atoms with van der Waals surface area (Å²) in [5.74, 6) is -0.257. The van der Waals surface area contributed by atoms with E-state index in [1.807, 2.05) is 30.5 Å². The lowest BCUT2D eigenvalue weighted by molar-refractivity contribution is -0.139. The summed E-state index contributed by atoms with van der Waals surface area (Å²) in [5, 5.41) is 1.11. The fraction of sp³-hybridized carbons (Fsp3) is 0.438. The van der Waals surface area contributed by atoms with E-state index in [1.54, 1.807) is 0 Å². The molecule has 5 nitrogen and oxygen atoms in total. The van der Waals surface area contributed by atoms with Gasteiger partial charge in [-0.3, -0.25) is 9.63 Å². The largest absolute Gasteiger partial charge is 0.361 e. The molecule has 1 saturated carbocycles. The summed E-state index contributed by atoms with van der Waals surface area (Å²) < 4.78 is 0. The van der Waals surface area contributed by atoms with E-state index in [4.69, 9.17) is 10.6 Å². The smallest absolute Gasteiger partial charge is 0.260 e. The first-order valence-electron chi connectivity index (χ1n) is 7.50. The van der Waals surface area contributed by atoms with Gasteiger partial charge in [-0.25, -0.2) is 5.48 Å². The second-order valence-electron chi connectivity index (χ2n) is 5.66. The van der Waals surface area contributed by atoms with E-state index in [1.165, 1.54) is 12.8 Å². The number of benzene rings is 1. The van der Waals surface area contributed by atoms with Crippen molar-refractivity contribution in [3.8, 4) is 0 Å². The van der Waals surface area contributed by atoms with Crippen molar-refractivity contribution in [1.82, 2.24) is 10.5 Å². The van der Waals surface area contributed by atoms with Gasteiger partial charge in [0, 0.05) is 17.1 Å². The average Bonchev–Trinajstić information content (AvgIpc) is 3.15. The highest BCUT2D eigenvalue weighted by Crippen LogP contribution is 2.20. The summed E-state index contributed by atoms with van der Waals surface area (Å²) in [6.45, 7) is 0. The lowest BCUT2D eigenvalue weighted by Crippen LogP contribution is -2.43. The molecule has 0 unspecified atom stereocenters. The van der Waals surface area contributed by atoms with Crippen molar-refractivity contribution in [3.05, 3.63) is 36.0 Å². The molecule has 1 aromatic heterocycles. The molecule has 0 radical (unpaired) electrons. The van der Waals surface area contributed by atoms with Crippen LogP contribution >= 0.6 is 0 Å². The Kier molecular flexibility index (Phi) is 4.22. The van der Waals surface area contributed by atoms with Gasteiger partial charge in [0.25, 0.3) is 5.91 Å². The summed E-state index contributed by atoms with van der Waals surface area (Å²) >= 11 is 0. The normalized spacial score (nSPS) is 17.2. The summed E-state index contributed by atoms with van der Waals surface area (Å²) in [7, 11) is 0. The molecule has 1 atom stereocenters. The minimum absolute atomic E-state index is 0.147. The number of H-pyrrole nitrogens is 1. The van der Waals surface area contributed by atoms with Gasteiger partial charge in [-0.1, -0.05) is 31.0 Å². The number of hydrogen-bond acceptors (Lipinski definition) is 3. The highest BCUT2D eigenvalue weighted by atomic mass is 16.7. The zero-order valence-corrected chi connectivity index (χ0v) is 12.0. The molecule has 5 heteroatoms. The number of rotatable bonds is 5. The molecule has 1 amide bonds. The van der Waals surface area contributed by atoms with Crippen molar-refractivity contribution in [1.29, 1.82) is 0 Å². The van der Waals surface area contributed by atoms with Crippen LogP contribution in [0.25, 0.3) is 10.9 Å². The Morgan fingerprint density at radius 1 is 1.38 bits per heavy atom. The summed E-state index contributed by atoms with van der Waals surface area (Å²) in [6.07, 6.45) is 6.91. The van der Waals surface area contributed by atoms with Crippen LogP contribution in [0.2, 0.25) is 0 Å². The number of nitrogens with two attached hydrogens (primary N) is 1. The van der Waals surface area contributed by atoms with E-state index in [-0.39, 0.29) is 12.0 Å². The SMILES string of the molecule is N[C@H](Cc1c[nH]c2ccccc12)C(=O)NOC1CCCC1. The number of nitrogens with one attached hydrogen (secondary N) is 2.